The monoisotopic (exact) mass is 420 g/mol. The summed E-state index contributed by atoms with van der Waals surface area (Å²) in [5.74, 6) is 0.412. The van der Waals surface area contributed by atoms with Crippen LogP contribution in [0.15, 0.2) is 30.3 Å². The number of nitrogens with one attached hydrogen (secondary N) is 2. The Bertz CT molecular complexity index is 647. The highest BCUT2D eigenvalue weighted by Crippen LogP contribution is 2.29. The summed E-state index contributed by atoms with van der Waals surface area (Å²) in [5, 5.41) is 6.00. The highest BCUT2D eigenvalue weighted by Gasteiger charge is 2.25. The number of hydrogen-bond donors (Lipinski definition) is 2. The van der Waals surface area contributed by atoms with E-state index in [-0.39, 0.29) is 18.4 Å². The van der Waals surface area contributed by atoms with Gasteiger partial charge in [0, 0.05) is 11.0 Å². The van der Waals surface area contributed by atoms with Gasteiger partial charge in [0.15, 0.2) is 0 Å². The Morgan fingerprint density at radius 2 is 1.86 bits per heavy atom. The molecule has 2 amide bonds. The Morgan fingerprint density at radius 3 is 2.48 bits per heavy atom. The third-order valence-electron chi connectivity index (χ3n) is 4.83. The molecule has 1 aromatic carbocycles. The van der Waals surface area contributed by atoms with Crippen LogP contribution < -0.4 is 10.6 Å². The van der Waals surface area contributed by atoms with E-state index in [0.717, 1.165) is 11.8 Å². The number of benzene rings is 1. The molecule has 0 radical (unpaired) electrons. The van der Waals surface area contributed by atoms with Gasteiger partial charge in [0.05, 0.1) is 6.04 Å². The maximum Gasteiger partial charge on any atom is 0.408 e. The van der Waals surface area contributed by atoms with Crippen LogP contribution in [0.3, 0.4) is 0 Å². The van der Waals surface area contributed by atoms with Gasteiger partial charge >= 0.3 is 6.09 Å². The molecular weight excluding hydrogens is 388 g/mol. The molecule has 7 heteroatoms. The molecule has 0 aliphatic heterocycles. The van der Waals surface area contributed by atoms with E-state index in [1.54, 1.807) is 11.8 Å². The molecular formula is C22H32N2O4S. The molecule has 0 bridgehead atoms. The van der Waals surface area contributed by atoms with Crippen LogP contribution in [0, 0.1) is 5.92 Å². The highest BCUT2D eigenvalue weighted by molar-refractivity contribution is 8.00. The summed E-state index contributed by atoms with van der Waals surface area (Å²) < 4.78 is 5.23. The van der Waals surface area contributed by atoms with E-state index in [9.17, 15) is 14.4 Å². The maximum absolute atomic E-state index is 12.7. The van der Waals surface area contributed by atoms with Crippen molar-refractivity contribution >= 4 is 30.0 Å². The lowest BCUT2D eigenvalue weighted by Gasteiger charge is -2.22. The molecule has 1 aromatic rings. The summed E-state index contributed by atoms with van der Waals surface area (Å²) in [6.45, 7) is 4.09. The predicted octanol–water partition coefficient (Wildman–Crippen LogP) is 3.69. The quantitative estimate of drug-likeness (QED) is 0.534. The van der Waals surface area contributed by atoms with Crippen LogP contribution >= 0.6 is 11.8 Å². The summed E-state index contributed by atoms with van der Waals surface area (Å²) in [7, 11) is 0. The van der Waals surface area contributed by atoms with Crippen LogP contribution in [-0.2, 0) is 20.9 Å². The third-order valence-corrected chi connectivity index (χ3v) is 6.33. The first-order valence-electron chi connectivity index (χ1n) is 10.3. The molecule has 0 spiro atoms. The lowest BCUT2D eigenvalue weighted by atomic mass is 10.0. The number of carbonyl (C=O) groups is 3. The van der Waals surface area contributed by atoms with Gasteiger partial charge in [0.2, 0.25) is 5.91 Å². The van der Waals surface area contributed by atoms with E-state index in [1.807, 2.05) is 44.2 Å². The minimum Gasteiger partial charge on any atom is -0.445 e. The molecule has 1 aliphatic carbocycles. The fourth-order valence-electron chi connectivity index (χ4n) is 3.30. The lowest BCUT2D eigenvalue weighted by Crippen LogP contribution is -2.51. The first-order valence-corrected chi connectivity index (χ1v) is 11.4. The zero-order chi connectivity index (χ0) is 21.1. The number of alkyl carbamates (subject to hydrolysis) is 1. The van der Waals surface area contributed by atoms with Gasteiger partial charge in [-0.3, -0.25) is 4.79 Å². The van der Waals surface area contributed by atoms with Gasteiger partial charge < -0.3 is 20.2 Å². The van der Waals surface area contributed by atoms with Crippen molar-refractivity contribution < 1.29 is 19.1 Å². The fourth-order valence-corrected chi connectivity index (χ4v) is 4.61. The van der Waals surface area contributed by atoms with Crippen molar-refractivity contribution in [2.24, 2.45) is 5.92 Å². The van der Waals surface area contributed by atoms with Gasteiger partial charge in [-0.25, -0.2) is 4.79 Å². The van der Waals surface area contributed by atoms with Gasteiger partial charge in [0.1, 0.15) is 18.9 Å². The van der Waals surface area contributed by atoms with Gasteiger partial charge in [-0.2, -0.15) is 11.8 Å². The van der Waals surface area contributed by atoms with Crippen LogP contribution in [-0.4, -0.2) is 41.4 Å². The molecule has 0 heterocycles. The number of hydrogen-bond acceptors (Lipinski definition) is 5. The van der Waals surface area contributed by atoms with Crippen molar-refractivity contribution in [3.8, 4) is 0 Å². The summed E-state index contributed by atoms with van der Waals surface area (Å²) in [4.78, 5) is 36.3. The molecule has 0 saturated heterocycles. The van der Waals surface area contributed by atoms with E-state index in [0.29, 0.717) is 17.4 Å². The van der Waals surface area contributed by atoms with Crippen LogP contribution in [0.25, 0.3) is 0 Å². The second-order valence-electron chi connectivity index (χ2n) is 7.88. The number of thioether (sulfide) groups is 1. The first-order chi connectivity index (χ1) is 14.0. The molecule has 1 saturated carbocycles. The molecule has 2 atom stereocenters. The van der Waals surface area contributed by atoms with Crippen LogP contribution in [0.5, 0.6) is 0 Å². The highest BCUT2D eigenvalue weighted by atomic mass is 32.2. The van der Waals surface area contributed by atoms with Gasteiger partial charge in [0.25, 0.3) is 0 Å². The summed E-state index contributed by atoms with van der Waals surface area (Å²) in [6, 6.07) is 8.07. The number of aldehydes is 1. The van der Waals surface area contributed by atoms with Crippen molar-refractivity contribution in [1.82, 2.24) is 10.6 Å². The summed E-state index contributed by atoms with van der Waals surface area (Å²) in [5.41, 5.74) is 0.873. The van der Waals surface area contributed by atoms with E-state index >= 15 is 0 Å². The lowest BCUT2D eigenvalue weighted by molar-refractivity contribution is -0.125. The van der Waals surface area contributed by atoms with Crippen molar-refractivity contribution in [2.75, 3.05) is 5.75 Å². The zero-order valence-corrected chi connectivity index (χ0v) is 18.1. The van der Waals surface area contributed by atoms with E-state index in [4.69, 9.17) is 4.74 Å². The van der Waals surface area contributed by atoms with Crippen LogP contribution in [0.2, 0.25) is 0 Å². The van der Waals surface area contributed by atoms with Gasteiger partial charge in [-0.05, 0) is 30.7 Å². The number of ether oxygens (including phenoxy) is 1. The smallest absolute Gasteiger partial charge is 0.408 e. The minimum atomic E-state index is -0.739. The average Bonchev–Trinajstić information content (AvgIpc) is 3.23. The van der Waals surface area contributed by atoms with E-state index < -0.39 is 18.2 Å². The SMILES string of the molecule is CC(C)C[C@@H](NC(=O)OCc1ccccc1)C(=O)NC(C=O)CSC1CCCC1. The van der Waals surface area contributed by atoms with Crippen LogP contribution in [0.4, 0.5) is 4.79 Å². The molecule has 160 valence electrons. The van der Waals surface area contributed by atoms with Crippen molar-refractivity contribution in [3.05, 3.63) is 35.9 Å². The molecule has 2 rings (SSSR count). The predicted molar refractivity (Wildman–Crippen MR) is 116 cm³/mol. The molecule has 1 fully saturated rings. The van der Waals surface area contributed by atoms with E-state index in [2.05, 4.69) is 10.6 Å². The summed E-state index contributed by atoms with van der Waals surface area (Å²) in [6.07, 6.45) is 5.43. The normalized spacial score (nSPS) is 16.2. The van der Waals surface area contributed by atoms with Gasteiger partial charge in [-0.1, -0.05) is 57.0 Å². The number of rotatable bonds is 11. The van der Waals surface area contributed by atoms with E-state index in [1.165, 1.54) is 25.7 Å². The van der Waals surface area contributed by atoms with Crippen molar-refractivity contribution in [2.45, 2.75) is 69.9 Å². The maximum atomic E-state index is 12.7. The largest absolute Gasteiger partial charge is 0.445 e. The Morgan fingerprint density at radius 1 is 1.17 bits per heavy atom. The van der Waals surface area contributed by atoms with Crippen LogP contribution in [0.1, 0.15) is 51.5 Å². The standard InChI is InChI=1S/C22H32N2O4S/c1-16(2)12-20(24-22(27)28-14-17-8-4-3-5-9-17)21(26)23-18(13-25)15-29-19-10-6-7-11-19/h3-5,8-9,13,16,18-20H,6-7,10-12,14-15H2,1-2H3,(H,23,26)(H,24,27)/t18?,20-/m1/s1. The molecule has 0 aromatic heterocycles. The van der Waals surface area contributed by atoms with Crippen molar-refractivity contribution in [1.29, 1.82) is 0 Å². The topological polar surface area (TPSA) is 84.5 Å². The second-order valence-corrected chi connectivity index (χ2v) is 9.21. The third kappa shape index (κ3) is 8.90. The number of carbonyl (C=O) groups excluding carboxylic acids is 3. The fraction of sp³-hybridized carbons (Fsp3) is 0.591. The van der Waals surface area contributed by atoms with Gasteiger partial charge in [-0.15, -0.1) is 0 Å². The Labute approximate surface area is 177 Å². The zero-order valence-electron chi connectivity index (χ0n) is 17.3. The molecule has 29 heavy (non-hydrogen) atoms. The van der Waals surface area contributed by atoms with Crippen molar-refractivity contribution in [3.63, 3.8) is 0 Å². The average molecular weight is 421 g/mol. The second kappa shape index (κ2) is 12.5. The Balaban J connectivity index is 1.84. The molecule has 2 N–H and O–H groups in total. The summed E-state index contributed by atoms with van der Waals surface area (Å²) >= 11 is 1.75. The Kier molecular flexibility index (Phi) is 10.0. The molecule has 1 unspecified atom stereocenters. The number of amides is 2. The Hall–Kier alpha value is -2.02. The minimum absolute atomic E-state index is 0.137. The molecule has 6 nitrogen and oxygen atoms in total. The molecule has 1 aliphatic rings. The first kappa shape index (κ1) is 23.3.